The Hall–Kier alpha value is -3.69. The molecule has 0 heterocycles. The monoisotopic (exact) mass is 562 g/mol. The van der Waals surface area contributed by atoms with Crippen LogP contribution in [0.1, 0.15) is 12.5 Å². The molecular formula is C20H21F2N4O9PS. The zero-order valence-corrected chi connectivity index (χ0v) is 20.6. The Bertz CT molecular complexity index is 1400. The number of nitrogens with zero attached hydrogens (tertiary/aromatic N) is 2. The van der Waals surface area contributed by atoms with E-state index < -0.39 is 70.6 Å². The number of ether oxygens (including phenoxy) is 1. The van der Waals surface area contributed by atoms with Crippen LogP contribution in [-0.4, -0.2) is 58.3 Å². The average molecular weight is 562 g/mol. The molecule has 0 aliphatic carbocycles. The van der Waals surface area contributed by atoms with E-state index in [0.29, 0.717) is 0 Å². The molecule has 0 aliphatic heterocycles. The summed E-state index contributed by atoms with van der Waals surface area (Å²) in [6.45, 7) is 0.0992. The molecule has 0 spiro atoms. The van der Waals surface area contributed by atoms with Gasteiger partial charge in [0.2, 0.25) is 10.0 Å². The largest absolute Gasteiger partial charge is 0.480 e. The molecule has 0 aliphatic rings. The van der Waals surface area contributed by atoms with Gasteiger partial charge in [0.1, 0.15) is 18.6 Å². The lowest BCUT2D eigenvalue weighted by Crippen LogP contribution is -2.36. The van der Waals surface area contributed by atoms with Crippen LogP contribution in [0.15, 0.2) is 51.9 Å². The van der Waals surface area contributed by atoms with Crippen LogP contribution >= 0.6 is 7.60 Å². The second-order valence-corrected chi connectivity index (χ2v) is 10.9. The summed E-state index contributed by atoms with van der Waals surface area (Å²) in [7, 11) is -9.62. The summed E-state index contributed by atoms with van der Waals surface area (Å²) in [4.78, 5) is 43.6. The summed E-state index contributed by atoms with van der Waals surface area (Å²) in [5.74, 6) is -6.38. The van der Waals surface area contributed by atoms with Gasteiger partial charge in [0, 0.05) is 5.57 Å². The van der Waals surface area contributed by atoms with Crippen LogP contribution in [0.25, 0.3) is 6.08 Å². The van der Waals surface area contributed by atoms with E-state index >= 15 is 0 Å². The van der Waals surface area contributed by atoms with Gasteiger partial charge in [-0.3, -0.25) is 14.2 Å². The number of rotatable bonds is 10. The van der Waals surface area contributed by atoms with Crippen molar-refractivity contribution >= 4 is 41.5 Å². The smallest absolute Gasteiger partial charge is 0.340 e. The molecule has 2 aromatic rings. The van der Waals surface area contributed by atoms with Gasteiger partial charge >= 0.3 is 13.6 Å². The van der Waals surface area contributed by atoms with E-state index in [9.17, 15) is 31.4 Å². The standard InChI is InChI=1S/C20H21F2N4O9PS/c1-11(19(29)25-20(23)24)6-12-7-15(21)18(16(22)8-12)35-13-2-4-14(5-3-13)37(33,34)26(9-17(27)28)10-36(30,31)32/h2-8H,9-10H2,1H3,(H,27,28)(H2,30,31,32)(H4,23,24,25,29)/b11-6+. The molecule has 13 nitrogen and oxygen atoms in total. The number of hydrogen-bond acceptors (Lipinski definition) is 6. The fourth-order valence-electron chi connectivity index (χ4n) is 2.79. The summed E-state index contributed by atoms with van der Waals surface area (Å²) in [5.41, 5.74) is 10.1. The zero-order valence-electron chi connectivity index (χ0n) is 18.9. The predicted octanol–water partition coefficient (Wildman–Crippen LogP) is 1.17. The highest BCUT2D eigenvalue weighted by Gasteiger charge is 2.32. The van der Waals surface area contributed by atoms with Crippen molar-refractivity contribution in [3.8, 4) is 11.5 Å². The minimum absolute atomic E-state index is 0.0200. The summed E-state index contributed by atoms with van der Waals surface area (Å²) in [6.07, 6.45) is -0.251. The molecule has 1 amide bonds. The number of carbonyl (C=O) groups is 2. The van der Waals surface area contributed by atoms with Gasteiger partial charge in [-0.05, 0) is 55.0 Å². The van der Waals surface area contributed by atoms with E-state index in [4.69, 9.17) is 31.1 Å². The number of sulfonamides is 1. The molecule has 0 saturated heterocycles. The Morgan fingerprint density at radius 2 is 1.68 bits per heavy atom. The number of carbonyl (C=O) groups excluding carboxylic acids is 1. The number of hydrogen-bond donors (Lipinski definition) is 5. The van der Waals surface area contributed by atoms with Crippen molar-refractivity contribution in [3.63, 3.8) is 0 Å². The Balaban J connectivity index is 2.31. The van der Waals surface area contributed by atoms with E-state index in [2.05, 4.69) is 4.99 Å². The number of guanidine groups is 1. The summed E-state index contributed by atoms with van der Waals surface area (Å²) in [6, 6.07) is 5.49. The fraction of sp³-hybridized carbons (Fsp3) is 0.150. The molecule has 0 bridgehead atoms. The van der Waals surface area contributed by atoms with Gasteiger partial charge in [-0.2, -0.15) is 9.30 Å². The van der Waals surface area contributed by atoms with Crippen molar-refractivity contribution < 1.29 is 51.0 Å². The van der Waals surface area contributed by atoms with Gasteiger partial charge in [0.05, 0.1) is 4.90 Å². The second kappa shape index (κ2) is 11.6. The summed E-state index contributed by atoms with van der Waals surface area (Å²) < 4.78 is 70.9. The van der Waals surface area contributed by atoms with Crippen molar-refractivity contribution in [2.24, 2.45) is 16.5 Å². The normalized spacial score (nSPS) is 12.3. The quantitative estimate of drug-likeness (QED) is 0.120. The molecule has 0 radical (unpaired) electrons. The van der Waals surface area contributed by atoms with E-state index in [1.54, 1.807) is 0 Å². The van der Waals surface area contributed by atoms with Crippen molar-refractivity contribution in [3.05, 3.63) is 59.2 Å². The van der Waals surface area contributed by atoms with Gasteiger partial charge in [0.25, 0.3) is 5.91 Å². The summed E-state index contributed by atoms with van der Waals surface area (Å²) in [5, 5.41) is 8.89. The Morgan fingerprint density at radius 1 is 1.14 bits per heavy atom. The first-order chi connectivity index (χ1) is 17.0. The molecule has 200 valence electrons. The van der Waals surface area contributed by atoms with Crippen LogP contribution < -0.4 is 16.2 Å². The molecule has 0 fully saturated rings. The third-order valence-corrected chi connectivity index (χ3v) is 7.01. The Labute approximate surface area is 208 Å². The molecule has 0 unspecified atom stereocenters. The maximum absolute atomic E-state index is 14.5. The lowest BCUT2D eigenvalue weighted by molar-refractivity contribution is -0.137. The number of nitrogens with two attached hydrogens (primary N) is 2. The van der Waals surface area contributed by atoms with Gasteiger partial charge in [-0.15, -0.1) is 0 Å². The van der Waals surface area contributed by atoms with Crippen LogP contribution in [0.2, 0.25) is 0 Å². The topological polar surface area (TPSA) is 223 Å². The highest BCUT2D eigenvalue weighted by molar-refractivity contribution is 7.89. The lowest BCUT2D eigenvalue weighted by atomic mass is 10.1. The van der Waals surface area contributed by atoms with Crippen LogP contribution in [0.3, 0.4) is 0 Å². The van der Waals surface area contributed by atoms with E-state index in [-0.39, 0.29) is 21.2 Å². The third-order valence-electron chi connectivity index (χ3n) is 4.31. The minimum Gasteiger partial charge on any atom is -0.480 e. The maximum atomic E-state index is 14.5. The van der Waals surface area contributed by atoms with Gasteiger partial charge in [-0.1, -0.05) is 0 Å². The number of aliphatic imine (C=N–C) groups is 1. The molecule has 2 rings (SSSR count). The van der Waals surface area contributed by atoms with Gasteiger partial charge in [-0.25, -0.2) is 17.2 Å². The Morgan fingerprint density at radius 3 is 2.14 bits per heavy atom. The number of aliphatic carboxylic acids is 1. The first-order valence-electron chi connectivity index (χ1n) is 9.85. The van der Waals surface area contributed by atoms with Crippen LogP contribution in [0, 0.1) is 11.6 Å². The SMILES string of the molecule is C/C(=C\c1cc(F)c(Oc2ccc(S(=O)(=O)N(CC(=O)O)CP(=O)(O)O)cc2)c(F)c1)C(=O)N=C(N)N. The third kappa shape index (κ3) is 8.44. The molecule has 0 saturated carbocycles. The zero-order chi connectivity index (χ0) is 28.1. The molecule has 37 heavy (non-hydrogen) atoms. The first-order valence-corrected chi connectivity index (χ1v) is 13.1. The molecule has 0 aromatic heterocycles. The summed E-state index contributed by atoms with van der Waals surface area (Å²) >= 11 is 0. The molecule has 7 N–H and O–H groups in total. The van der Waals surface area contributed by atoms with Crippen molar-refractivity contribution in [1.82, 2.24) is 4.31 Å². The van der Waals surface area contributed by atoms with E-state index in [0.717, 1.165) is 42.5 Å². The number of amides is 1. The van der Waals surface area contributed by atoms with Crippen LogP contribution in [-0.2, 0) is 24.2 Å². The number of carboxylic acid groups (broad SMARTS) is 1. The average Bonchev–Trinajstić information content (AvgIpc) is 2.74. The van der Waals surface area contributed by atoms with Gasteiger partial charge < -0.3 is 31.1 Å². The lowest BCUT2D eigenvalue weighted by Gasteiger charge is -2.20. The molecule has 17 heteroatoms. The Kier molecular flexibility index (Phi) is 9.24. The van der Waals surface area contributed by atoms with Crippen LogP contribution in [0.5, 0.6) is 11.5 Å². The van der Waals surface area contributed by atoms with Crippen molar-refractivity contribution in [2.45, 2.75) is 11.8 Å². The second-order valence-electron chi connectivity index (χ2n) is 7.37. The fourth-order valence-corrected chi connectivity index (χ4v) is 5.42. The van der Waals surface area contributed by atoms with Gasteiger partial charge in [0.15, 0.2) is 23.3 Å². The maximum Gasteiger partial charge on any atom is 0.340 e. The molecule has 0 atom stereocenters. The van der Waals surface area contributed by atoms with E-state index in [1.165, 1.54) is 6.92 Å². The van der Waals surface area contributed by atoms with E-state index in [1.807, 2.05) is 0 Å². The van der Waals surface area contributed by atoms with Crippen molar-refractivity contribution in [1.29, 1.82) is 0 Å². The highest BCUT2D eigenvalue weighted by Crippen LogP contribution is 2.37. The molecular weight excluding hydrogens is 541 g/mol. The first kappa shape index (κ1) is 29.5. The highest BCUT2D eigenvalue weighted by atomic mass is 32.2. The molecule has 2 aromatic carbocycles. The number of halogens is 2. The van der Waals surface area contributed by atoms with Crippen molar-refractivity contribution in [2.75, 3.05) is 12.8 Å². The van der Waals surface area contributed by atoms with Crippen LogP contribution in [0.4, 0.5) is 8.78 Å². The number of carboxylic acids is 1. The predicted molar refractivity (Wildman–Crippen MR) is 126 cm³/mol. The number of benzene rings is 2. The minimum atomic E-state index is -4.95.